The Morgan fingerprint density at radius 1 is 0.553 bits per heavy atom. The second-order valence-electron chi connectivity index (χ2n) is 11.0. The Bertz CT molecular complexity index is 1500. The fraction of sp³-hybridized carbons (Fsp3) is 0.316. The zero-order valence-corrected chi connectivity index (χ0v) is 23.1. The van der Waals surface area contributed by atoms with Gasteiger partial charge in [0, 0.05) is 0 Å². The van der Waals surface area contributed by atoms with Gasteiger partial charge in [-0.1, -0.05) is 138 Å². The topological polar surface area (TPSA) is 0 Å². The van der Waals surface area contributed by atoms with Crippen LogP contribution in [0.1, 0.15) is 82.3 Å². The van der Waals surface area contributed by atoms with Gasteiger partial charge in [0.25, 0.3) is 0 Å². The summed E-state index contributed by atoms with van der Waals surface area (Å²) in [5, 5.41) is 7.68. The van der Waals surface area contributed by atoms with E-state index in [0.717, 1.165) is 0 Å². The van der Waals surface area contributed by atoms with Gasteiger partial charge in [0.1, 0.15) is 0 Å². The smallest absolute Gasteiger partial charge is 0.00990 e. The highest BCUT2D eigenvalue weighted by Crippen LogP contribution is 2.35. The highest BCUT2D eigenvalue weighted by Gasteiger charge is 2.10. The molecule has 0 N–H and O–H groups in total. The molecule has 0 saturated carbocycles. The van der Waals surface area contributed by atoms with Gasteiger partial charge in [0.2, 0.25) is 0 Å². The summed E-state index contributed by atoms with van der Waals surface area (Å²) in [4.78, 5) is 0. The average molecular weight is 499 g/mol. The van der Waals surface area contributed by atoms with Crippen LogP contribution in [0.25, 0.3) is 49.5 Å². The molecule has 0 heterocycles. The summed E-state index contributed by atoms with van der Waals surface area (Å²) in [6.45, 7) is 6.49. The minimum absolute atomic E-state index is 1.18. The number of hydrogen-bond donors (Lipinski definition) is 0. The van der Waals surface area contributed by atoms with Crippen LogP contribution in [-0.4, -0.2) is 0 Å². The number of hydrogen-bond acceptors (Lipinski definition) is 0. The Hall–Kier alpha value is -3.38. The molecule has 0 heteroatoms. The number of benzene rings is 5. The van der Waals surface area contributed by atoms with Crippen LogP contribution in [0, 0.1) is 0 Å². The number of rotatable bonds is 13. The normalized spacial score (nSPS) is 11.5. The predicted octanol–water partition coefficient (Wildman–Crippen LogP) is 11.9. The zero-order valence-electron chi connectivity index (χ0n) is 23.1. The summed E-state index contributed by atoms with van der Waals surface area (Å²) in [5.74, 6) is 0. The number of aryl methyl sites for hydroxylation is 1. The van der Waals surface area contributed by atoms with Gasteiger partial charge in [-0.15, -0.1) is 0 Å². The summed E-state index contributed by atoms with van der Waals surface area (Å²) in [6, 6.07) is 31.7. The SMILES string of the molecule is C=Cc1c(-c2ccc(CCCCCCCCCCCC)cc2)ccc2cc3cc4ccccc4cc3cc12. The lowest BCUT2D eigenvalue weighted by Gasteiger charge is -2.13. The van der Waals surface area contributed by atoms with Crippen molar-refractivity contribution < 1.29 is 0 Å². The number of unbranched alkanes of at least 4 members (excludes halogenated alkanes) is 9. The maximum atomic E-state index is 4.20. The van der Waals surface area contributed by atoms with E-state index in [0.29, 0.717) is 0 Å². The van der Waals surface area contributed by atoms with Crippen LogP contribution in [0.5, 0.6) is 0 Å². The first-order chi connectivity index (χ1) is 18.8. The van der Waals surface area contributed by atoms with Crippen molar-refractivity contribution in [2.45, 2.75) is 77.6 Å². The molecule has 38 heavy (non-hydrogen) atoms. The standard InChI is InChI=1S/C38H42/c1-3-5-6-7-8-9-10-11-12-13-16-29-19-21-30(22-20-29)37-24-23-33-27-34-25-31-17-14-15-18-32(31)26-35(34)28-38(33)36(37)4-2/h4,14-15,17-28H,2-3,5-13,16H2,1H3. The molecule has 0 radical (unpaired) electrons. The summed E-state index contributed by atoms with van der Waals surface area (Å²) >= 11 is 0. The van der Waals surface area contributed by atoms with E-state index in [9.17, 15) is 0 Å². The minimum Gasteiger partial charge on any atom is -0.0984 e. The number of fused-ring (bicyclic) bond motifs is 3. The van der Waals surface area contributed by atoms with Gasteiger partial charge in [-0.2, -0.15) is 0 Å². The van der Waals surface area contributed by atoms with Gasteiger partial charge in [-0.25, -0.2) is 0 Å². The first-order valence-electron chi connectivity index (χ1n) is 14.9. The molecule has 0 spiro atoms. The minimum atomic E-state index is 1.18. The van der Waals surface area contributed by atoms with E-state index in [-0.39, 0.29) is 0 Å². The highest BCUT2D eigenvalue weighted by atomic mass is 14.1. The second-order valence-corrected chi connectivity index (χ2v) is 11.0. The van der Waals surface area contributed by atoms with Gasteiger partial charge >= 0.3 is 0 Å². The molecule has 0 saturated heterocycles. The Labute approximate surface area is 229 Å². The second kappa shape index (κ2) is 12.9. The van der Waals surface area contributed by atoms with Crippen molar-refractivity contribution in [3.8, 4) is 11.1 Å². The molecule has 0 amide bonds. The van der Waals surface area contributed by atoms with E-state index in [1.807, 2.05) is 6.08 Å². The van der Waals surface area contributed by atoms with Crippen LogP contribution >= 0.6 is 0 Å². The van der Waals surface area contributed by atoms with Crippen molar-refractivity contribution in [1.82, 2.24) is 0 Å². The molecule has 0 nitrogen and oxygen atoms in total. The maximum Gasteiger partial charge on any atom is -0.00990 e. The molecule has 5 aromatic rings. The fourth-order valence-corrected chi connectivity index (χ4v) is 5.93. The van der Waals surface area contributed by atoms with Gasteiger partial charge in [-0.3, -0.25) is 0 Å². The van der Waals surface area contributed by atoms with Crippen molar-refractivity contribution in [2.75, 3.05) is 0 Å². The van der Waals surface area contributed by atoms with Crippen molar-refractivity contribution >= 4 is 38.4 Å². The lowest BCUT2D eigenvalue weighted by atomic mass is 9.91. The van der Waals surface area contributed by atoms with Crippen molar-refractivity contribution in [2.24, 2.45) is 0 Å². The van der Waals surface area contributed by atoms with E-state index < -0.39 is 0 Å². The first kappa shape index (κ1) is 26.2. The molecule has 0 aliphatic carbocycles. The average Bonchev–Trinajstić information content (AvgIpc) is 2.95. The predicted molar refractivity (Wildman–Crippen MR) is 170 cm³/mol. The molecule has 0 aliphatic rings. The van der Waals surface area contributed by atoms with Gasteiger partial charge in [-0.05, 0) is 91.7 Å². The van der Waals surface area contributed by atoms with E-state index in [2.05, 4.69) is 98.4 Å². The molecule has 5 aromatic carbocycles. The molecular weight excluding hydrogens is 456 g/mol. The maximum absolute atomic E-state index is 4.20. The van der Waals surface area contributed by atoms with Crippen molar-refractivity contribution in [3.05, 3.63) is 103 Å². The molecule has 0 unspecified atom stereocenters. The van der Waals surface area contributed by atoms with Crippen LogP contribution in [0.2, 0.25) is 0 Å². The van der Waals surface area contributed by atoms with Gasteiger partial charge < -0.3 is 0 Å². The molecule has 5 rings (SSSR count). The molecule has 0 aromatic heterocycles. The molecule has 0 atom stereocenters. The Morgan fingerprint density at radius 2 is 1.13 bits per heavy atom. The summed E-state index contributed by atoms with van der Waals surface area (Å²) < 4.78 is 0. The van der Waals surface area contributed by atoms with E-state index in [4.69, 9.17) is 0 Å². The summed E-state index contributed by atoms with van der Waals surface area (Å²) in [6.07, 6.45) is 17.1. The van der Waals surface area contributed by atoms with Crippen molar-refractivity contribution in [3.63, 3.8) is 0 Å². The molecular formula is C38H42. The Balaban J connectivity index is 1.25. The largest absolute Gasteiger partial charge is 0.0984 e. The lowest BCUT2D eigenvalue weighted by Crippen LogP contribution is -1.90. The molecule has 0 bridgehead atoms. The van der Waals surface area contributed by atoms with Gasteiger partial charge in [0.15, 0.2) is 0 Å². The quantitative estimate of drug-likeness (QED) is 0.112. The summed E-state index contributed by atoms with van der Waals surface area (Å²) in [5.41, 5.74) is 5.21. The van der Waals surface area contributed by atoms with Crippen LogP contribution in [-0.2, 0) is 6.42 Å². The zero-order chi connectivity index (χ0) is 26.2. The lowest BCUT2D eigenvalue weighted by molar-refractivity contribution is 0.556. The molecule has 0 aliphatic heterocycles. The third kappa shape index (κ3) is 6.18. The Morgan fingerprint density at radius 3 is 1.76 bits per heavy atom. The highest BCUT2D eigenvalue weighted by molar-refractivity contribution is 6.08. The van der Waals surface area contributed by atoms with E-state index in [1.165, 1.54) is 125 Å². The van der Waals surface area contributed by atoms with Crippen LogP contribution in [0.4, 0.5) is 0 Å². The van der Waals surface area contributed by atoms with Crippen molar-refractivity contribution in [1.29, 1.82) is 0 Å². The third-order valence-electron chi connectivity index (χ3n) is 8.17. The first-order valence-corrected chi connectivity index (χ1v) is 14.9. The van der Waals surface area contributed by atoms with Crippen LogP contribution in [0.3, 0.4) is 0 Å². The monoisotopic (exact) mass is 498 g/mol. The van der Waals surface area contributed by atoms with E-state index in [1.54, 1.807) is 0 Å². The Kier molecular flexibility index (Phi) is 8.92. The molecule has 194 valence electrons. The van der Waals surface area contributed by atoms with Crippen LogP contribution in [0.15, 0.2) is 91.5 Å². The summed E-state index contributed by atoms with van der Waals surface area (Å²) in [7, 11) is 0. The third-order valence-corrected chi connectivity index (χ3v) is 8.17. The van der Waals surface area contributed by atoms with E-state index >= 15 is 0 Å². The fourth-order valence-electron chi connectivity index (χ4n) is 5.93. The van der Waals surface area contributed by atoms with Crippen LogP contribution < -0.4 is 0 Å². The van der Waals surface area contributed by atoms with Gasteiger partial charge in [0.05, 0.1) is 0 Å². The molecule has 0 fully saturated rings.